The van der Waals surface area contributed by atoms with Gasteiger partial charge in [0.05, 0.1) is 13.1 Å². The van der Waals surface area contributed by atoms with Crippen molar-refractivity contribution in [2.75, 3.05) is 25.0 Å². The fourth-order valence-electron chi connectivity index (χ4n) is 2.38. The lowest BCUT2D eigenvalue weighted by Crippen LogP contribution is -2.48. The van der Waals surface area contributed by atoms with E-state index in [1.165, 1.54) is 0 Å². The van der Waals surface area contributed by atoms with Crippen molar-refractivity contribution in [1.29, 1.82) is 0 Å². The molecule has 0 unspecified atom stereocenters. The van der Waals surface area contributed by atoms with Crippen molar-refractivity contribution < 1.29 is 9.59 Å². The maximum Gasteiger partial charge on any atom is 0.241 e. The molecule has 1 aromatic rings. The Bertz CT molecular complexity index is 521. The second kappa shape index (κ2) is 8.11. The van der Waals surface area contributed by atoms with Gasteiger partial charge in [-0.1, -0.05) is 18.2 Å². The molecule has 0 atom stereocenters. The summed E-state index contributed by atoms with van der Waals surface area (Å²) < 4.78 is 0. The first-order chi connectivity index (χ1) is 10.6. The minimum absolute atomic E-state index is 0.0164. The number of nitrogens with one attached hydrogen (secondary N) is 1. The summed E-state index contributed by atoms with van der Waals surface area (Å²) in [6.45, 7) is 10.2. The molecule has 0 bridgehead atoms. The number of anilines is 1. The maximum atomic E-state index is 12.6. The van der Waals surface area contributed by atoms with Gasteiger partial charge in [0.2, 0.25) is 11.8 Å². The Hall–Kier alpha value is -1.88. The number of carbonyl (C=O) groups is 2. The summed E-state index contributed by atoms with van der Waals surface area (Å²) in [5.41, 5.74) is 0.607. The first-order valence-corrected chi connectivity index (χ1v) is 7.97. The largest absolute Gasteiger partial charge is 0.350 e. The maximum absolute atomic E-state index is 12.6. The molecule has 1 N–H and O–H groups in total. The third kappa shape index (κ3) is 6.82. The number of nitrogens with zero attached hydrogens (tertiary/aromatic N) is 2. The Morgan fingerprint density at radius 1 is 1.09 bits per heavy atom. The molecule has 2 amide bonds. The molecule has 5 heteroatoms. The monoisotopic (exact) mass is 319 g/mol. The molecule has 0 aliphatic heterocycles. The summed E-state index contributed by atoms with van der Waals surface area (Å²) in [7, 11) is 1.78. The quantitative estimate of drug-likeness (QED) is 0.875. The Morgan fingerprint density at radius 2 is 1.65 bits per heavy atom. The Balaban J connectivity index is 2.67. The van der Waals surface area contributed by atoms with Crippen LogP contribution in [-0.2, 0) is 9.59 Å². The van der Waals surface area contributed by atoms with Crippen molar-refractivity contribution in [3.8, 4) is 0 Å². The molecule has 0 fully saturated rings. The van der Waals surface area contributed by atoms with Crippen molar-refractivity contribution in [1.82, 2.24) is 10.2 Å². The molecule has 128 valence electrons. The van der Waals surface area contributed by atoms with Gasteiger partial charge in [0.25, 0.3) is 0 Å². The molecular weight excluding hydrogens is 290 g/mol. The Labute approximate surface area is 139 Å². The molecule has 23 heavy (non-hydrogen) atoms. The number of para-hydroxylation sites is 1. The molecule has 0 saturated heterocycles. The fourth-order valence-corrected chi connectivity index (χ4v) is 2.38. The standard InChI is InChI=1S/C18H29N3O2/c1-14(2)21(15-10-8-7-9-11-15)17(23)13-20(6)12-16(22)19-18(3,4)5/h7-11,14H,12-13H2,1-6H3,(H,19,22). The van der Waals surface area contributed by atoms with Crippen LogP contribution in [0.4, 0.5) is 5.69 Å². The summed E-state index contributed by atoms with van der Waals surface area (Å²) >= 11 is 0. The SMILES string of the molecule is CC(C)N(C(=O)CN(C)CC(=O)NC(C)(C)C)c1ccccc1. The van der Waals surface area contributed by atoms with Gasteiger partial charge in [0.1, 0.15) is 0 Å². The molecule has 5 nitrogen and oxygen atoms in total. The average molecular weight is 319 g/mol. The second-order valence-electron chi connectivity index (χ2n) is 7.16. The molecule has 0 aromatic heterocycles. The van der Waals surface area contributed by atoms with Crippen LogP contribution in [0.25, 0.3) is 0 Å². The van der Waals surface area contributed by atoms with Gasteiger partial charge < -0.3 is 10.2 Å². The van der Waals surface area contributed by atoms with E-state index in [1.807, 2.05) is 65.0 Å². The molecule has 0 heterocycles. The summed E-state index contributed by atoms with van der Waals surface area (Å²) in [6.07, 6.45) is 0. The highest BCUT2D eigenvalue weighted by atomic mass is 16.2. The zero-order chi connectivity index (χ0) is 17.6. The lowest BCUT2D eigenvalue weighted by Gasteiger charge is -2.29. The van der Waals surface area contributed by atoms with Gasteiger partial charge >= 0.3 is 0 Å². The highest BCUT2D eigenvalue weighted by Crippen LogP contribution is 2.16. The van der Waals surface area contributed by atoms with Gasteiger partial charge in [-0.3, -0.25) is 14.5 Å². The van der Waals surface area contributed by atoms with Crippen LogP contribution in [0, 0.1) is 0 Å². The highest BCUT2D eigenvalue weighted by molar-refractivity contribution is 5.95. The summed E-state index contributed by atoms with van der Waals surface area (Å²) in [6, 6.07) is 9.66. The summed E-state index contributed by atoms with van der Waals surface area (Å²) in [5, 5.41) is 2.90. The Morgan fingerprint density at radius 3 is 2.13 bits per heavy atom. The number of hydrogen-bond donors (Lipinski definition) is 1. The second-order valence-corrected chi connectivity index (χ2v) is 7.16. The van der Waals surface area contributed by atoms with Gasteiger partial charge in [0.15, 0.2) is 0 Å². The lowest BCUT2D eigenvalue weighted by molar-refractivity contribution is -0.124. The number of amides is 2. The zero-order valence-corrected chi connectivity index (χ0v) is 15.1. The van der Waals surface area contributed by atoms with E-state index in [0.29, 0.717) is 0 Å². The molecule has 0 saturated carbocycles. The summed E-state index contributed by atoms with van der Waals surface area (Å²) in [5.74, 6) is -0.0964. The highest BCUT2D eigenvalue weighted by Gasteiger charge is 2.22. The van der Waals surface area contributed by atoms with Crippen LogP contribution in [0.1, 0.15) is 34.6 Å². The van der Waals surface area contributed by atoms with Crippen LogP contribution in [0.3, 0.4) is 0 Å². The van der Waals surface area contributed by atoms with E-state index in [4.69, 9.17) is 0 Å². The first kappa shape index (κ1) is 19.2. The predicted molar refractivity (Wildman–Crippen MR) is 94.5 cm³/mol. The van der Waals surface area contributed by atoms with Gasteiger partial charge in [0, 0.05) is 17.3 Å². The molecule has 0 spiro atoms. The number of likely N-dealkylation sites (N-methyl/N-ethyl adjacent to an activating group) is 1. The van der Waals surface area contributed by atoms with E-state index < -0.39 is 0 Å². The van der Waals surface area contributed by atoms with E-state index in [9.17, 15) is 9.59 Å². The lowest BCUT2D eigenvalue weighted by atomic mass is 10.1. The molecule has 0 radical (unpaired) electrons. The van der Waals surface area contributed by atoms with Gasteiger partial charge in [-0.25, -0.2) is 0 Å². The van der Waals surface area contributed by atoms with Crippen LogP contribution in [0.5, 0.6) is 0 Å². The topological polar surface area (TPSA) is 52.7 Å². The molecule has 0 aliphatic carbocycles. The zero-order valence-electron chi connectivity index (χ0n) is 15.1. The molecular formula is C18H29N3O2. The van der Waals surface area contributed by atoms with Crippen LogP contribution < -0.4 is 10.2 Å². The van der Waals surface area contributed by atoms with E-state index >= 15 is 0 Å². The number of benzene rings is 1. The smallest absolute Gasteiger partial charge is 0.241 e. The van der Waals surface area contributed by atoms with Crippen molar-refractivity contribution in [2.45, 2.75) is 46.2 Å². The van der Waals surface area contributed by atoms with Gasteiger partial charge in [-0.15, -0.1) is 0 Å². The average Bonchev–Trinajstić information content (AvgIpc) is 2.36. The van der Waals surface area contributed by atoms with Crippen LogP contribution in [-0.4, -0.2) is 48.4 Å². The molecule has 1 aromatic carbocycles. The number of rotatable bonds is 6. The fraction of sp³-hybridized carbons (Fsp3) is 0.556. The van der Waals surface area contributed by atoms with Gasteiger partial charge in [-0.2, -0.15) is 0 Å². The van der Waals surface area contributed by atoms with E-state index in [1.54, 1.807) is 16.8 Å². The third-order valence-electron chi connectivity index (χ3n) is 3.15. The minimum atomic E-state index is -0.268. The van der Waals surface area contributed by atoms with Crippen molar-refractivity contribution in [3.05, 3.63) is 30.3 Å². The van der Waals surface area contributed by atoms with Gasteiger partial charge in [-0.05, 0) is 53.8 Å². The first-order valence-electron chi connectivity index (χ1n) is 7.97. The van der Waals surface area contributed by atoms with Crippen molar-refractivity contribution >= 4 is 17.5 Å². The van der Waals surface area contributed by atoms with E-state index in [0.717, 1.165) is 5.69 Å². The third-order valence-corrected chi connectivity index (χ3v) is 3.15. The van der Waals surface area contributed by atoms with Crippen LogP contribution >= 0.6 is 0 Å². The van der Waals surface area contributed by atoms with Crippen LogP contribution in [0.15, 0.2) is 30.3 Å². The Kier molecular flexibility index (Phi) is 6.76. The number of hydrogen-bond acceptors (Lipinski definition) is 3. The van der Waals surface area contributed by atoms with Crippen molar-refractivity contribution in [2.24, 2.45) is 0 Å². The normalized spacial score (nSPS) is 11.7. The summed E-state index contributed by atoms with van der Waals surface area (Å²) in [4.78, 5) is 28.1. The van der Waals surface area contributed by atoms with Crippen LogP contribution in [0.2, 0.25) is 0 Å². The van der Waals surface area contributed by atoms with Crippen molar-refractivity contribution in [3.63, 3.8) is 0 Å². The molecule has 1 rings (SSSR count). The predicted octanol–water partition coefficient (Wildman–Crippen LogP) is 2.27. The number of carbonyl (C=O) groups excluding carboxylic acids is 2. The molecule has 0 aliphatic rings. The van der Waals surface area contributed by atoms with E-state index in [-0.39, 0.29) is 36.5 Å². The van der Waals surface area contributed by atoms with E-state index in [2.05, 4.69) is 5.32 Å². The minimum Gasteiger partial charge on any atom is -0.350 e.